The standard InChI is InChI=1S/C21H25ClN/c1-5-7-9-11-18-13-14-20(21(22)15-16-23(3)4)17-19(18)12-10-8-6-2/h5-17H,1-4H3/q+1/b7-5+,8-6+,11-9+,12-10+,21-15-. The first-order valence-electron chi connectivity index (χ1n) is 7.68. The van der Waals surface area contributed by atoms with Crippen LogP contribution in [0.1, 0.15) is 30.5 Å². The molecule has 0 spiro atoms. The molecule has 1 aromatic carbocycles. The highest BCUT2D eigenvalue weighted by atomic mass is 35.5. The van der Waals surface area contributed by atoms with E-state index < -0.39 is 0 Å². The second kappa shape index (κ2) is 10.6. The fourth-order valence-electron chi connectivity index (χ4n) is 1.87. The summed E-state index contributed by atoms with van der Waals surface area (Å²) in [4.78, 5) is 0. The Balaban J connectivity index is 3.25. The highest BCUT2D eigenvalue weighted by Gasteiger charge is 2.02. The normalized spacial score (nSPS) is 13.0. The fraction of sp³-hybridized carbons (Fsp3) is 0.190. The molecule has 0 N–H and O–H groups in total. The van der Waals surface area contributed by atoms with Gasteiger partial charge in [-0.05, 0) is 36.6 Å². The average Bonchev–Trinajstić information content (AvgIpc) is 2.54. The first-order chi connectivity index (χ1) is 11.1. The summed E-state index contributed by atoms with van der Waals surface area (Å²) in [5, 5.41) is 0.725. The smallest absolute Gasteiger partial charge is 0.164 e. The second-order valence-corrected chi connectivity index (χ2v) is 5.65. The van der Waals surface area contributed by atoms with Crippen LogP contribution in [0.25, 0.3) is 17.2 Å². The summed E-state index contributed by atoms with van der Waals surface area (Å²) in [7, 11) is 3.95. The maximum absolute atomic E-state index is 6.40. The van der Waals surface area contributed by atoms with Crippen LogP contribution < -0.4 is 0 Å². The number of benzene rings is 1. The van der Waals surface area contributed by atoms with Crippen LogP contribution in [-0.2, 0) is 0 Å². The molecule has 120 valence electrons. The van der Waals surface area contributed by atoms with Crippen molar-refractivity contribution in [1.82, 2.24) is 0 Å². The molecule has 0 aromatic heterocycles. The van der Waals surface area contributed by atoms with Crippen molar-refractivity contribution in [2.75, 3.05) is 14.1 Å². The summed E-state index contributed by atoms with van der Waals surface area (Å²) in [5.74, 6) is 0. The predicted molar refractivity (Wildman–Crippen MR) is 106 cm³/mol. The minimum atomic E-state index is 0.725. The zero-order valence-corrected chi connectivity index (χ0v) is 15.1. The maximum atomic E-state index is 6.40. The Hall–Kier alpha value is -2.12. The van der Waals surface area contributed by atoms with E-state index in [1.807, 2.05) is 87.3 Å². The van der Waals surface area contributed by atoms with Crippen LogP contribution in [0.4, 0.5) is 0 Å². The lowest BCUT2D eigenvalue weighted by Gasteiger charge is -2.05. The quantitative estimate of drug-likeness (QED) is 0.354. The third-order valence-corrected chi connectivity index (χ3v) is 3.38. The molecule has 1 nitrogen and oxygen atoms in total. The Morgan fingerprint density at radius 1 is 0.913 bits per heavy atom. The van der Waals surface area contributed by atoms with Crippen molar-refractivity contribution < 1.29 is 4.58 Å². The fourth-order valence-corrected chi connectivity index (χ4v) is 2.04. The molecular weight excluding hydrogens is 302 g/mol. The molecule has 0 amide bonds. The van der Waals surface area contributed by atoms with Crippen LogP contribution in [-0.4, -0.2) is 24.9 Å². The van der Waals surface area contributed by atoms with Crippen molar-refractivity contribution in [3.63, 3.8) is 0 Å². The van der Waals surface area contributed by atoms with Crippen molar-refractivity contribution >= 4 is 35.0 Å². The third-order valence-electron chi connectivity index (χ3n) is 3.04. The molecule has 0 aliphatic carbocycles. The van der Waals surface area contributed by atoms with Gasteiger partial charge in [0.1, 0.15) is 14.1 Å². The van der Waals surface area contributed by atoms with Crippen LogP contribution >= 0.6 is 11.6 Å². The van der Waals surface area contributed by atoms with Gasteiger partial charge in [0, 0.05) is 6.08 Å². The molecule has 0 radical (unpaired) electrons. The van der Waals surface area contributed by atoms with Gasteiger partial charge >= 0.3 is 0 Å². The van der Waals surface area contributed by atoms with Crippen molar-refractivity contribution in [3.05, 3.63) is 77.4 Å². The van der Waals surface area contributed by atoms with E-state index in [1.165, 1.54) is 0 Å². The van der Waals surface area contributed by atoms with E-state index in [4.69, 9.17) is 11.6 Å². The molecule has 23 heavy (non-hydrogen) atoms. The predicted octanol–water partition coefficient (Wildman–Crippen LogP) is 5.79. The minimum Gasteiger partial charge on any atom is -0.241 e. The van der Waals surface area contributed by atoms with Gasteiger partial charge in [0.2, 0.25) is 0 Å². The van der Waals surface area contributed by atoms with E-state index >= 15 is 0 Å². The lowest BCUT2D eigenvalue weighted by atomic mass is 10.0. The van der Waals surface area contributed by atoms with E-state index in [0.717, 1.165) is 21.7 Å². The summed E-state index contributed by atoms with van der Waals surface area (Å²) in [6.45, 7) is 4.01. The zero-order chi connectivity index (χ0) is 17.1. The first-order valence-corrected chi connectivity index (χ1v) is 8.06. The largest absolute Gasteiger partial charge is 0.241 e. The van der Waals surface area contributed by atoms with E-state index in [2.05, 4.69) is 24.3 Å². The van der Waals surface area contributed by atoms with Crippen molar-refractivity contribution in [2.24, 2.45) is 0 Å². The lowest BCUT2D eigenvalue weighted by molar-refractivity contribution is -0.458. The molecule has 0 atom stereocenters. The van der Waals surface area contributed by atoms with Crippen LogP contribution in [0.3, 0.4) is 0 Å². The molecule has 0 saturated carbocycles. The monoisotopic (exact) mass is 326 g/mol. The first kappa shape index (κ1) is 18.9. The van der Waals surface area contributed by atoms with Crippen molar-refractivity contribution in [3.8, 4) is 0 Å². The second-order valence-electron chi connectivity index (χ2n) is 5.24. The van der Waals surface area contributed by atoms with Crippen molar-refractivity contribution in [2.45, 2.75) is 13.8 Å². The minimum absolute atomic E-state index is 0.725. The summed E-state index contributed by atoms with van der Waals surface area (Å²) >= 11 is 6.40. The molecule has 2 heteroatoms. The summed E-state index contributed by atoms with van der Waals surface area (Å²) in [5.41, 5.74) is 3.31. The van der Waals surface area contributed by atoms with Crippen LogP contribution in [0.15, 0.2) is 60.7 Å². The van der Waals surface area contributed by atoms with Gasteiger partial charge in [-0.2, -0.15) is 0 Å². The van der Waals surface area contributed by atoms with E-state index in [1.54, 1.807) is 0 Å². The SMILES string of the molecule is C/C=C/C=C/c1ccc(/C(Cl)=C/C=[N+](C)C)cc1/C=C/C=C/C. The van der Waals surface area contributed by atoms with Gasteiger partial charge in [0.15, 0.2) is 6.21 Å². The molecule has 0 heterocycles. The van der Waals surface area contributed by atoms with Gasteiger partial charge < -0.3 is 0 Å². The molecule has 0 aliphatic rings. The van der Waals surface area contributed by atoms with Gasteiger partial charge in [0.25, 0.3) is 0 Å². The molecule has 1 aromatic rings. The Morgan fingerprint density at radius 2 is 1.52 bits per heavy atom. The molecule has 1 rings (SSSR count). The van der Waals surface area contributed by atoms with Crippen molar-refractivity contribution in [1.29, 1.82) is 0 Å². The summed E-state index contributed by atoms with van der Waals surface area (Å²) in [6, 6.07) is 6.25. The molecule has 0 unspecified atom stereocenters. The zero-order valence-electron chi connectivity index (χ0n) is 14.3. The van der Waals surface area contributed by atoms with Gasteiger partial charge in [-0.25, -0.2) is 4.58 Å². The topological polar surface area (TPSA) is 3.01 Å². The number of rotatable bonds is 6. The average molecular weight is 327 g/mol. The number of nitrogens with zero attached hydrogens (tertiary/aromatic N) is 1. The number of hydrogen-bond donors (Lipinski definition) is 0. The molecule has 0 bridgehead atoms. The van der Waals surface area contributed by atoms with Gasteiger partial charge in [0.05, 0.1) is 5.03 Å². The Morgan fingerprint density at radius 3 is 2.09 bits per heavy atom. The summed E-state index contributed by atoms with van der Waals surface area (Å²) in [6.07, 6.45) is 20.2. The molecule has 0 aliphatic heterocycles. The Kier molecular flexibility index (Phi) is 8.71. The van der Waals surface area contributed by atoms with Crippen LogP contribution in [0.2, 0.25) is 0 Å². The highest BCUT2D eigenvalue weighted by Crippen LogP contribution is 2.23. The third kappa shape index (κ3) is 7.12. The Labute approximate surface area is 145 Å². The maximum Gasteiger partial charge on any atom is 0.164 e. The van der Waals surface area contributed by atoms with E-state index in [-0.39, 0.29) is 0 Å². The molecular formula is C21H25ClN+. The number of hydrogen-bond acceptors (Lipinski definition) is 0. The van der Waals surface area contributed by atoms with E-state index in [9.17, 15) is 0 Å². The van der Waals surface area contributed by atoms with E-state index in [0.29, 0.717) is 0 Å². The van der Waals surface area contributed by atoms with Crippen LogP contribution in [0, 0.1) is 0 Å². The van der Waals surface area contributed by atoms with Gasteiger partial charge in [-0.1, -0.05) is 72.3 Å². The lowest BCUT2D eigenvalue weighted by Crippen LogP contribution is -1.96. The molecule has 0 fully saturated rings. The van der Waals surface area contributed by atoms with Gasteiger partial charge in [-0.15, -0.1) is 0 Å². The number of halogens is 1. The van der Waals surface area contributed by atoms with Crippen LogP contribution in [0.5, 0.6) is 0 Å². The van der Waals surface area contributed by atoms with Gasteiger partial charge in [-0.3, -0.25) is 0 Å². The summed E-state index contributed by atoms with van der Waals surface area (Å²) < 4.78 is 1.96. The molecule has 0 saturated heterocycles. The highest BCUT2D eigenvalue weighted by molar-refractivity contribution is 6.49. The Bertz CT molecular complexity index is 682. The number of allylic oxidation sites excluding steroid dienone is 7.